The van der Waals surface area contributed by atoms with Crippen LogP contribution in [0, 0.1) is 0 Å². The molecule has 0 aromatic rings. The SMILES string of the molecule is O=C(O)C1COCCN1C1CCCOCC1. The van der Waals surface area contributed by atoms with Gasteiger partial charge in [-0.3, -0.25) is 9.69 Å². The molecule has 2 heterocycles. The number of carbonyl (C=O) groups is 1. The van der Waals surface area contributed by atoms with Crippen molar-refractivity contribution in [3.8, 4) is 0 Å². The molecule has 2 saturated heterocycles. The van der Waals surface area contributed by atoms with Crippen LogP contribution in [0.15, 0.2) is 0 Å². The first-order chi connectivity index (χ1) is 7.79. The summed E-state index contributed by atoms with van der Waals surface area (Å²) in [6, 6.07) is -0.135. The van der Waals surface area contributed by atoms with Crippen LogP contribution in [0.2, 0.25) is 0 Å². The van der Waals surface area contributed by atoms with E-state index in [-0.39, 0.29) is 0 Å². The zero-order valence-corrected chi connectivity index (χ0v) is 9.43. The monoisotopic (exact) mass is 229 g/mol. The van der Waals surface area contributed by atoms with Gasteiger partial charge in [-0.2, -0.15) is 0 Å². The van der Waals surface area contributed by atoms with Crippen LogP contribution in [0.5, 0.6) is 0 Å². The van der Waals surface area contributed by atoms with Gasteiger partial charge in [0.2, 0.25) is 0 Å². The molecule has 5 heteroatoms. The number of carboxylic acids is 1. The average molecular weight is 229 g/mol. The van der Waals surface area contributed by atoms with Crippen LogP contribution < -0.4 is 0 Å². The molecule has 2 atom stereocenters. The van der Waals surface area contributed by atoms with Crippen molar-refractivity contribution < 1.29 is 19.4 Å². The van der Waals surface area contributed by atoms with Gasteiger partial charge in [0.15, 0.2) is 0 Å². The minimum Gasteiger partial charge on any atom is -0.480 e. The highest BCUT2D eigenvalue weighted by Crippen LogP contribution is 2.20. The predicted octanol–water partition coefficient (Wildman–Crippen LogP) is 0.341. The lowest BCUT2D eigenvalue weighted by molar-refractivity contribution is -0.151. The van der Waals surface area contributed by atoms with Crippen molar-refractivity contribution in [2.75, 3.05) is 33.0 Å². The molecule has 2 aliphatic rings. The van der Waals surface area contributed by atoms with Crippen LogP contribution in [0.4, 0.5) is 0 Å². The third-order valence-electron chi connectivity index (χ3n) is 3.35. The summed E-state index contributed by atoms with van der Waals surface area (Å²) in [5, 5.41) is 9.16. The molecule has 0 radical (unpaired) electrons. The summed E-state index contributed by atoms with van der Waals surface area (Å²) >= 11 is 0. The summed E-state index contributed by atoms with van der Waals surface area (Å²) in [5.74, 6) is -0.773. The molecule has 5 nitrogen and oxygen atoms in total. The lowest BCUT2D eigenvalue weighted by Crippen LogP contribution is -2.54. The number of carboxylic acid groups (broad SMARTS) is 1. The molecule has 2 fully saturated rings. The van der Waals surface area contributed by atoms with E-state index in [0.717, 1.165) is 39.0 Å². The fourth-order valence-corrected chi connectivity index (χ4v) is 2.49. The van der Waals surface area contributed by atoms with Crippen molar-refractivity contribution in [1.82, 2.24) is 4.90 Å². The predicted molar refractivity (Wildman–Crippen MR) is 57.4 cm³/mol. The molecular weight excluding hydrogens is 210 g/mol. The summed E-state index contributed by atoms with van der Waals surface area (Å²) < 4.78 is 10.6. The minimum absolute atomic E-state index is 0.312. The van der Waals surface area contributed by atoms with Crippen LogP contribution in [-0.2, 0) is 14.3 Å². The second-order valence-electron chi connectivity index (χ2n) is 4.36. The Bertz CT molecular complexity index is 238. The number of rotatable bonds is 2. The summed E-state index contributed by atoms with van der Waals surface area (Å²) in [4.78, 5) is 13.2. The second-order valence-corrected chi connectivity index (χ2v) is 4.36. The van der Waals surface area contributed by atoms with Crippen molar-refractivity contribution in [1.29, 1.82) is 0 Å². The van der Waals surface area contributed by atoms with E-state index >= 15 is 0 Å². The highest BCUT2D eigenvalue weighted by Gasteiger charge is 2.34. The Balaban J connectivity index is 2.00. The van der Waals surface area contributed by atoms with Gasteiger partial charge in [0.05, 0.1) is 13.2 Å². The normalized spacial score (nSPS) is 33.2. The number of nitrogens with zero attached hydrogens (tertiary/aromatic N) is 1. The van der Waals surface area contributed by atoms with E-state index in [4.69, 9.17) is 14.6 Å². The molecule has 1 N–H and O–H groups in total. The van der Waals surface area contributed by atoms with E-state index in [1.807, 2.05) is 0 Å². The molecule has 92 valence electrons. The van der Waals surface area contributed by atoms with E-state index in [2.05, 4.69) is 4.90 Å². The second kappa shape index (κ2) is 5.61. The quantitative estimate of drug-likeness (QED) is 0.740. The van der Waals surface area contributed by atoms with Crippen molar-refractivity contribution in [2.45, 2.75) is 31.3 Å². The van der Waals surface area contributed by atoms with E-state index < -0.39 is 12.0 Å². The zero-order valence-electron chi connectivity index (χ0n) is 9.43. The number of morpholine rings is 1. The summed E-state index contributed by atoms with van der Waals surface area (Å²) in [5.41, 5.74) is 0. The molecule has 2 unspecified atom stereocenters. The third-order valence-corrected chi connectivity index (χ3v) is 3.35. The van der Waals surface area contributed by atoms with E-state index in [0.29, 0.717) is 19.3 Å². The molecule has 0 saturated carbocycles. The topological polar surface area (TPSA) is 59.0 Å². The van der Waals surface area contributed by atoms with Gasteiger partial charge in [-0.15, -0.1) is 0 Å². The molecule has 16 heavy (non-hydrogen) atoms. The highest BCUT2D eigenvalue weighted by atomic mass is 16.5. The van der Waals surface area contributed by atoms with Gasteiger partial charge in [-0.25, -0.2) is 0 Å². The van der Waals surface area contributed by atoms with Crippen molar-refractivity contribution in [3.05, 3.63) is 0 Å². The Morgan fingerprint density at radius 2 is 2.06 bits per heavy atom. The fourth-order valence-electron chi connectivity index (χ4n) is 2.49. The molecule has 0 aromatic heterocycles. The number of hydrogen-bond acceptors (Lipinski definition) is 4. The summed E-state index contributed by atoms with van der Waals surface area (Å²) in [6.45, 7) is 3.22. The van der Waals surface area contributed by atoms with Gasteiger partial charge < -0.3 is 14.6 Å². The molecule has 0 aliphatic carbocycles. The fraction of sp³-hybridized carbons (Fsp3) is 0.909. The van der Waals surface area contributed by atoms with Crippen molar-refractivity contribution in [2.24, 2.45) is 0 Å². The molecule has 2 rings (SSSR count). The maximum Gasteiger partial charge on any atom is 0.323 e. The number of aliphatic carboxylic acids is 1. The smallest absolute Gasteiger partial charge is 0.323 e. The van der Waals surface area contributed by atoms with Gasteiger partial charge in [-0.05, 0) is 19.3 Å². The van der Waals surface area contributed by atoms with E-state index in [1.54, 1.807) is 0 Å². The van der Waals surface area contributed by atoms with Crippen LogP contribution in [0.1, 0.15) is 19.3 Å². The Morgan fingerprint density at radius 1 is 1.19 bits per heavy atom. The molecule has 0 aromatic carbocycles. The third kappa shape index (κ3) is 2.72. The van der Waals surface area contributed by atoms with Crippen LogP contribution in [0.3, 0.4) is 0 Å². The zero-order chi connectivity index (χ0) is 11.4. The van der Waals surface area contributed by atoms with Gasteiger partial charge in [0, 0.05) is 25.8 Å². The van der Waals surface area contributed by atoms with Crippen LogP contribution in [-0.4, -0.2) is 61.0 Å². The standard InChI is InChI=1S/C11H19NO4/c13-11(14)10-8-16-7-4-12(10)9-2-1-5-15-6-3-9/h9-10H,1-8H2,(H,13,14). The Labute approximate surface area is 95.3 Å². The molecule has 2 aliphatic heterocycles. The maximum absolute atomic E-state index is 11.1. The van der Waals surface area contributed by atoms with Gasteiger partial charge >= 0.3 is 5.97 Å². The van der Waals surface area contributed by atoms with Crippen LogP contribution >= 0.6 is 0 Å². The number of ether oxygens (including phenoxy) is 2. The molecular formula is C11H19NO4. The Morgan fingerprint density at radius 3 is 2.88 bits per heavy atom. The largest absolute Gasteiger partial charge is 0.480 e. The minimum atomic E-state index is -0.773. The molecule has 0 amide bonds. The van der Waals surface area contributed by atoms with Crippen LogP contribution in [0.25, 0.3) is 0 Å². The first-order valence-corrected chi connectivity index (χ1v) is 5.93. The average Bonchev–Trinajstić information content (AvgIpc) is 2.57. The Kier molecular flexibility index (Phi) is 4.15. The number of hydrogen-bond donors (Lipinski definition) is 1. The molecule has 0 bridgehead atoms. The molecule has 0 spiro atoms. The lowest BCUT2D eigenvalue weighted by Gasteiger charge is -2.38. The van der Waals surface area contributed by atoms with Crippen molar-refractivity contribution >= 4 is 5.97 Å². The lowest BCUT2D eigenvalue weighted by atomic mass is 10.0. The van der Waals surface area contributed by atoms with Gasteiger partial charge in [-0.1, -0.05) is 0 Å². The first kappa shape index (κ1) is 11.8. The van der Waals surface area contributed by atoms with Gasteiger partial charge in [0.1, 0.15) is 6.04 Å². The van der Waals surface area contributed by atoms with Crippen molar-refractivity contribution in [3.63, 3.8) is 0 Å². The first-order valence-electron chi connectivity index (χ1n) is 5.93. The summed E-state index contributed by atoms with van der Waals surface area (Å²) in [6.07, 6.45) is 2.99. The van der Waals surface area contributed by atoms with E-state index in [1.165, 1.54) is 0 Å². The maximum atomic E-state index is 11.1. The highest BCUT2D eigenvalue weighted by molar-refractivity contribution is 5.73. The van der Waals surface area contributed by atoms with E-state index in [9.17, 15) is 4.79 Å². The summed E-state index contributed by atoms with van der Waals surface area (Å²) in [7, 11) is 0. The Hall–Kier alpha value is -0.650. The van der Waals surface area contributed by atoms with Gasteiger partial charge in [0.25, 0.3) is 0 Å².